The second kappa shape index (κ2) is 9.27. The van der Waals surface area contributed by atoms with Gasteiger partial charge in [0.15, 0.2) is 23.0 Å². The van der Waals surface area contributed by atoms with Gasteiger partial charge in [0, 0.05) is 29.9 Å². The van der Waals surface area contributed by atoms with Crippen LogP contribution in [-0.2, 0) is 0 Å². The lowest BCUT2D eigenvalue weighted by atomic mass is 9.86. The number of nitrogens with zero attached hydrogens (tertiary/aromatic N) is 5. The molecule has 0 spiro atoms. The molecule has 8 nitrogen and oxygen atoms in total. The van der Waals surface area contributed by atoms with E-state index in [9.17, 15) is 18.7 Å². The molecule has 37 heavy (non-hydrogen) atoms. The first-order valence-electron chi connectivity index (χ1n) is 12.2. The minimum atomic E-state index is -1.15. The molecule has 0 saturated heterocycles. The molecule has 0 aliphatic heterocycles. The molecule has 10 heteroatoms. The Labute approximate surface area is 210 Å². The van der Waals surface area contributed by atoms with Crippen LogP contribution in [0.25, 0.3) is 27.7 Å². The van der Waals surface area contributed by atoms with Gasteiger partial charge in [-0.25, -0.2) is 18.3 Å². The first kappa shape index (κ1) is 23.1. The van der Waals surface area contributed by atoms with Crippen LogP contribution < -0.4 is 5.32 Å². The molecule has 2 aromatic carbocycles. The van der Waals surface area contributed by atoms with E-state index in [4.69, 9.17) is 5.10 Å². The lowest BCUT2D eigenvalue weighted by Gasteiger charge is -2.28. The number of fused-ring (bicyclic) bond motifs is 2. The number of hydrogen-bond acceptors (Lipinski definition) is 5. The number of halogens is 2. The first-order valence-corrected chi connectivity index (χ1v) is 12.2. The number of pyridine rings is 1. The van der Waals surface area contributed by atoms with Crippen LogP contribution in [0.1, 0.15) is 42.1 Å². The number of phenolic OH excluding ortho intramolecular Hbond substituents is 1. The largest absolute Gasteiger partial charge is 0.503 e. The molecule has 6 rings (SSSR count). The summed E-state index contributed by atoms with van der Waals surface area (Å²) in [4.78, 5) is 16.6. The second-order valence-corrected chi connectivity index (χ2v) is 9.53. The van der Waals surface area contributed by atoms with Gasteiger partial charge in [0.25, 0.3) is 5.91 Å². The number of carbonyl (C=O) groups excluding carboxylic acids is 1. The third-order valence-electron chi connectivity index (χ3n) is 7.16. The summed E-state index contributed by atoms with van der Waals surface area (Å²) in [5.41, 5.74) is 3.69. The number of rotatable bonds is 5. The summed E-state index contributed by atoms with van der Waals surface area (Å²) in [6.45, 7) is 0.427. The van der Waals surface area contributed by atoms with Crippen molar-refractivity contribution in [2.45, 2.75) is 31.7 Å². The van der Waals surface area contributed by atoms with Gasteiger partial charge in [0.05, 0.1) is 11.6 Å². The van der Waals surface area contributed by atoms with Crippen molar-refractivity contribution in [3.05, 3.63) is 78.4 Å². The van der Waals surface area contributed by atoms with E-state index in [0.717, 1.165) is 65.5 Å². The van der Waals surface area contributed by atoms with E-state index in [1.54, 1.807) is 4.52 Å². The van der Waals surface area contributed by atoms with Gasteiger partial charge in [0.2, 0.25) is 0 Å². The average molecular weight is 503 g/mol. The summed E-state index contributed by atoms with van der Waals surface area (Å²) in [6, 6.07) is 12.2. The number of hydrogen-bond donors (Lipinski definition) is 2. The van der Waals surface area contributed by atoms with Gasteiger partial charge in [-0.05, 0) is 73.1 Å². The van der Waals surface area contributed by atoms with Gasteiger partial charge in [-0.1, -0.05) is 12.1 Å². The summed E-state index contributed by atoms with van der Waals surface area (Å²) in [5, 5.41) is 22.1. The molecule has 1 aliphatic rings. The lowest BCUT2D eigenvalue weighted by Crippen LogP contribution is -2.31. The van der Waals surface area contributed by atoms with Crippen molar-refractivity contribution >= 4 is 22.5 Å². The second-order valence-electron chi connectivity index (χ2n) is 9.53. The van der Waals surface area contributed by atoms with Crippen molar-refractivity contribution in [1.82, 2.24) is 29.7 Å². The zero-order valence-electron chi connectivity index (χ0n) is 19.8. The average Bonchev–Trinajstić information content (AvgIpc) is 3.56. The molecular weight excluding hydrogens is 478 g/mol. The Morgan fingerprint density at radius 3 is 2.57 bits per heavy atom. The Morgan fingerprint density at radius 1 is 1.03 bits per heavy atom. The number of carbonyl (C=O) groups is 1. The summed E-state index contributed by atoms with van der Waals surface area (Å²) >= 11 is 0. The van der Waals surface area contributed by atoms with Crippen molar-refractivity contribution in [3.63, 3.8) is 0 Å². The molecule has 1 saturated carbocycles. The highest BCUT2D eigenvalue weighted by molar-refractivity contribution is 5.94. The maximum atomic E-state index is 13.5. The Morgan fingerprint density at radius 2 is 1.78 bits per heavy atom. The van der Waals surface area contributed by atoms with E-state index in [-0.39, 0.29) is 17.5 Å². The SMILES string of the molecule is O=C(NC[C@H]1CC[C@H](n2cc3ccc(-c4ccn5ncnc5c4)cc3n2)CC1)c1cc(F)c(O)c(F)c1. The van der Waals surface area contributed by atoms with E-state index in [1.165, 1.54) is 6.33 Å². The Bertz CT molecular complexity index is 1600. The van der Waals surface area contributed by atoms with Crippen molar-refractivity contribution in [1.29, 1.82) is 0 Å². The molecule has 0 atom stereocenters. The maximum absolute atomic E-state index is 13.5. The molecule has 5 aromatic rings. The molecule has 0 radical (unpaired) electrons. The number of amides is 1. The molecule has 3 aromatic heterocycles. The third-order valence-corrected chi connectivity index (χ3v) is 7.16. The highest BCUT2D eigenvalue weighted by atomic mass is 19.1. The molecule has 0 unspecified atom stereocenters. The fraction of sp³-hybridized carbons (Fsp3) is 0.259. The summed E-state index contributed by atoms with van der Waals surface area (Å²) in [7, 11) is 0. The highest BCUT2D eigenvalue weighted by Crippen LogP contribution is 2.33. The topological polar surface area (TPSA) is 97.3 Å². The number of aromatic hydroxyl groups is 1. The van der Waals surface area contributed by atoms with Crippen LogP contribution in [0.3, 0.4) is 0 Å². The molecule has 1 fully saturated rings. The zero-order chi connectivity index (χ0) is 25.5. The lowest BCUT2D eigenvalue weighted by molar-refractivity contribution is 0.0940. The normalized spacial score (nSPS) is 17.9. The fourth-order valence-electron chi connectivity index (χ4n) is 5.05. The van der Waals surface area contributed by atoms with Crippen LogP contribution in [0.2, 0.25) is 0 Å². The molecular formula is C27H24F2N6O2. The number of benzene rings is 2. The van der Waals surface area contributed by atoms with Gasteiger partial charge in [-0.2, -0.15) is 10.2 Å². The maximum Gasteiger partial charge on any atom is 0.251 e. The number of nitrogens with one attached hydrogen (secondary N) is 1. The predicted molar refractivity (Wildman–Crippen MR) is 133 cm³/mol. The van der Waals surface area contributed by atoms with Crippen LogP contribution in [-0.4, -0.2) is 41.9 Å². The van der Waals surface area contributed by atoms with E-state index in [1.807, 2.05) is 23.0 Å². The Kier molecular flexibility index (Phi) is 5.78. The molecule has 1 aliphatic carbocycles. The molecule has 188 valence electrons. The first-order chi connectivity index (χ1) is 17.9. The van der Waals surface area contributed by atoms with Crippen LogP contribution in [0.5, 0.6) is 5.75 Å². The highest BCUT2D eigenvalue weighted by Gasteiger charge is 2.24. The van der Waals surface area contributed by atoms with Crippen LogP contribution in [0.15, 0.2) is 61.2 Å². The molecule has 2 N–H and O–H groups in total. The van der Waals surface area contributed by atoms with Crippen molar-refractivity contribution in [2.75, 3.05) is 6.54 Å². The third kappa shape index (κ3) is 4.50. The van der Waals surface area contributed by atoms with Gasteiger partial charge in [0.1, 0.15) is 6.33 Å². The van der Waals surface area contributed by atoms with E-state index in [0.29, 0.717) is 6.54 Å². The molecule has 3 heterocycles. The van der Waals surface area contributed by atoms with Crippen LogP contribution >= 0.6 is 0 Å². The fourth-order valence-corrected chi connectivity index (χ4v) is 5.05. The Balaban J connectivity index is 1.08. The quantitative estimate of drug-likeness (QED) is 0.357. The number of aromatic nitrogens is 5. The van der Waals surface area contributed by atoms with Crippen molar-refractivity contribution in [3.8, 4) is 16.9 Å². The Hall–Kier alpha value is -4.34. The summed E-state index contributed by atoms with van der Waals surface area (Å²) in [6.07, 6.45) is 9.17. The standard InChI is InChI=1S/C27H24F2N6O2/c28-22-9-20(10-23(29)26(22)36)27(37)30-13-16-1-5-21(6-2-16)35-14-19-4-3-17(11-24(19)33-35)18-7-8-34-25(12-18)31-15-32-34/h3-4,7-12,14-16,21,36H,1-2,5-6,13H2,(H,30,37)/t16-,21-. The smallest absolute Gasteiger partial charge is 0.251 e. The minimum Gasteiger partial charge on any atom is -0.503 e. The summed E-state index contributed by atoms with van der Waals surface area (Å²) in [5.74, 6) is -3.67. The minimum absolute atomic E-state index is 0.148. The van der Waals surface area contributed by atoms with E-state index >= 15 is 0 Å². The number of phenols is 1. The van der Waals surface area contributed by atoms with Crippen LogP contribution in [0.4, 0.5) is 8.78 Å². The van der Waals surface area contributed by atoms with Gasteiger partial charge >= 0.3 is 0 Å². The summed E-state index contributed by atoms with van der Waals surface area (Å²) < 4.78 is 30.9. The molecule has 0 bridgehead atoms. The van der Waals surface area contributed by atoms with Gasteiger partial charge < -0.3 is 10.4 Å². The van der Waals surface area contributed by atoms with E-state index < -0.39 is 23.3 Å². The van der Waals surface area contributed by atoms with Crippen LogP contribution in [0, 0.1) is 17.6 Å². The van der Waals surface area contributed by atoms with Gasteiger partial charge in [-0.15, -0.1) is 0 Å². The predicted octanol–water partition coefficient (Wildman–Crippen LogP) is 4.89. The van der Waals surface area contributed by atoms with E-state index in [2.05, 4.69) is 39.8 Å². The van der Waals surface area contributed by atoms with Crippen molar-refractivity contribution < 1.29 is 18.7 Å². The zero-order valence-corrected chi connectivity index (χ0v) is 19.8. The van der Waals surface area contributed by atoms with Gasteiger partial charge in [-0.3, -0.25) is 9.48 Å². The molecule has 1 amide bonds. The van der Waals surface area contributed by atoms with Crippen molar-refractivity contribution in [2.24, 2.45) is 5.92 Å². The monoisotopic (exact) mass is 502 g/mol.